The highest BCUT2D eigenvalue weighted by molar-refractivity contribution is 6.08. The number of ether oxygens (including phenoxy) is 1. The van der Waals surface area contributed by atoms with Crippen LogP contribution in [-0.4, -0.2) is 47.1 Å². The summed E-state index contributed by atoms with van der Waals surface area (Å²) in [6, 6.07) is 9.57. The highest BCUT2D eigenvalue weighted by Gasteiger charge is 2.43. The number of fused-ring (bicyclic) bond motifs is 1. The number of benzene rings is 2. The van der Waals surface area contributed by atoms with E-state index in [1.807, 2.05) is 18.2 Å². The van der Waals surface area contributed by atoms with Gasteiger partial charge in [0.25, 0.3) is 0 Å². The first-order valence-electron chi connectivity index (χ1n) is 9.28. The number of cyclic esters (lactones) is 1. The van der Waals surface area contributed by atoms with E-state index in [0.29, 0.717) is 12.2 Å². The summed E-state index contributed by atoms with van der Waals surface area (Å²) in [4.78, 5) is 25.9. The van der Waals surface area contributed by atoms with Gasteiger partial charge in [0.15, 0.2) is 0 Å². The molecule has 0 spiro atoms. The number of nitrogens with one attached hydrogen (secondary N) is 2. The van der Waals surface area contributed by atoms with Gasteiger partial charge in [0.2, 0.25) is 0 Å². The number of carbonyl (C=O) groups excluding carboxylic acids is 1. The summed E-state index contributed by atoms with van der Waals surface area (Å²) in [5, 5.41) is 11.5. The minimum Gasteiger partial charge on any atom is -0.480 e. The van der Waals surface area contributed by atoms with E-state index in [2.05, 4.69) is 27.9 Å². The largest absolute Gasteiger partial charge is 0.480 e. The number of likely N-dealkylation sites (tertiary alicyclic amines) is 1. The zero-order valence-electron chi connectivity index (χ0n) is 14.8. The molecular formula is C20H21N3O4. The van der Waals surface area contributed by atoms with E-state index in [0.717, 1.165) is 48.0 Å². The highest BCUT2D eigenvalue weighted by atomic mass is 16.5. The minimum absolute atomic E-state index is 0.0474. The first-order valence-corrected chi connectivity index (χ1v) is 9.28. The van der Waals surface area contributed by atoms with Crippen LogP contribution in [0.2, 0.25) is 0 Å². The molecule has 2 aromatic carbocycles. The molecule has 3 aliphatic heterocycles. The molecule has 3 atom stereocenters. The maximum atomic E-state index is 12.1. The Balaban J connectivity index is 1.44. The van der Waals surface area contributed by atoms with Crippen LogP contribution in [0.15, 0.2) is 30.3 Å². The second kappa shape index (κ2) is 6.30. The SMILES string of the molecule is O=C1OCc2ccc(CN3CCC4NNC(C(=O)O)C4C3)c3cccc1c23. The van der Waals surface area contributed by atoms with Gasteiger partial charge < -0.3 is 9.84 Å². The third-order valence-corrected chi connectivity index (χ3v) is 6.05. The lowest BCUT2D eigenvalue weighted by Gasteiger charge is -2.35. The molecule has 3 unspecified atom stereocenters. The Labute approximate surface area is 156 Å². The van der Waals surface area contributed by atoms with E-state index in [-0.39, 0.29) is 17.9 Å². The van der Waals surface area contributed by atoms with Gasteiger partial charge in [-0.25, -0.2) is 10.2 Å². The molecule has 0 amide bonds. The maximum absolute atomic E-state index is 12.1. The number of rotatable bonds is 3. The number of carboxylic acid groups (broad SMARTS) is 1. The number of nitrogens with zero attached hydrogens (tertiary/aromatic N) is 1. The van der Waals surface area contributed by atoms with Crippen molar-refractivity contribution < 1.29 is 19.4 Å². The van der Waals surface area contributed by atoms with Crippen LogP contribution in [0.3, 0.4) is 0 Å². The monoisotopic (exact) mass is 367 g/mol. The highest BCUT2D eigenvalue weighted by Crippen LogP contribution is 2.32. The summed E-state index contributed by atoms with van der Waals surface area (Å²) in [5.41, 5.74) is 8.88. The number of carbonyl (C=O) groups is 2. The quantitative estimate of drug-likeness (QED) is 0.704. The Bertz CT molecular complexity index is 944. The minimum atomic E-state index is -0.808. The molecule has 3 N–H and O–H groups in total. The lowest BCUT2D eigenvalue weighted by molar-refractivity contribution is -0.140. The molecule has 5 rings (SSSR count). The summed E-state index contributed by atoms with van der Waals surface area (Å²) < 4.78 is 5.25. The van der Waals surface area contributed by atoms with Gasteiger partial charge >= 0.3 is 11.9 Å². The zero-order chi connectivity index (χ0) is 18.5. The van der Waals surface area contributed by atoms with Crippen LogP contribution in [0, 0.1) is 5.92 Å². The topological polar surface area (TPSA) is 90.9 Å². The molecule has 7 heteroatoms. The van der Waals surface area contributed by atoms with Crippen molar-refractivity contribution in [3.05, 3.63) is 47.0 Å². The summed E-state index contributed by atoms with van der Waals surface area (Å²) in [5.74, 6) is -1.03. The lowest BCUT2D eigenvalue weighted by atomic mass is 9.87. The smallest absolute Gasteiger partial charge is 0.339 e. The van der Waals surface area contributed by atoms with Crippen molar-refractivity contribution in [2.75, 3.05) is 13.1 Å². The molecule has 140 valence electrons. The van der Waals surface area contributed by atoms with Crippen LogP contribution in [0.1, 0.15) is 27.9 Å². The molecule has 27 heavy (non-hydrogen) atoms. The van der Waals surface area contributed by atoms with E-state index in [4.69, 9.17) is 4.74 Å². The Morgan fingerprint density at radius 3 is 3.00 bits per heavy atom. The van der Waals surface area contributed by atoms with E-state index < -0.39 is 12.0 Å². The Hall–Kier alpha value is -2.48. The predicted molar refractivity (Wildman–Crippen MR) is 97.9 cm³/mol. The van der Waals surface area contributed by atoms with Gasteiger partial charge in [0, 0.05) is 37.0 Å². The van der Waals surface area contributed by atoms with Crippen LogP contribution in [0.25, 0.3) is 10.8 Å². The van der Waals surface area contributed by atoms with E-state index in [9.17, 15) is 14.7 Å². The second-order valence-corrected chi connectivity index (χ2v) is 7.59. The van der Waals surface area contributed by atoms with Crippen LogP contribution in [0.5, 0.6) is 0 Å². The molecule has 0 bridgehead atoms. The number of aliphatic carboxylic acids is 1. The second-order valence-electron chi connectivity index (χ2n) is 7.59. The maximum Gasteiger partial charge on any atom is 0.339 e. The Morgan fingerprint density at radius 2 is 2.15 bits per heavy atom. The number of esters is 1. The molecule has 2 fully saturated rings. The fourth-order valence-electron chi connectivity index (χ4n) is 4.69. The van der Waals surface area contributed by atoms with Gasteiger partial charge in [-0.15, -0.1) is 0 Å². The standard InChI is InChI=1S/C20H21N3O4/c24-19(25)18-15-9-23(7-6-16(15)21-22-18)8-11-4-5-12-10-27-20(26)14-3-1-2-13(11)17(12)14/h1-5,15-16,18,21-22H,6-10H2,(H,24,25). The lowest BCUT2D eigenvalue weighted by Crippen LogP contribution is -2.47. The Morgan fingerprint density at radius 1 is 1.26 bits per heavy atom. The van der Waals surface area contributed by atoms with Crippen LogP contribution in [0.4, 0.5) is 0 Å². The normalized spacial score (nSPS) is 27.4. The van der Waals surface area contributed by atoms with Crippen molar-refractivity contribution in [2.45, 2.75) is 31.7 Å². The fraction of sp³-hybridized carbons (Fsp3) is 0.400. The predicted octanol–water partition coefficient (Wildman–Crippen LogP) is 1.26. The van der Waals surface area contributed by atoms with E-state index in [1.54, 1.807) is 0 Å². The average molecular weight is 367 g/mol. The first kappa shape index (κ1) is 16.7. The van der Waals surface area contributed by atoms with Gasteiger partial charge in [0.1, 0.15) is 12.6 Å². The fourth-order valence-corrected chi connectivity index (χ4v) is 4.69. The number of hydrogen-bond donors (Lipinski definition) is 3. The van der Waals surface area contributed by atoms with Crippen LogP contribution in [-0.2, 0) is 22.7 Å². The molecule has 0 radical (unpaired) electrons. The summed E-state index contributed by atoms with van der Waals surface area (Å²) in [7, 11) is 0. The average Bonchev–Trinajstić information content (AvgIpc) is 3.10. The molecule has 0 aliphatic carbocycles. The third kappa shape index (κ3) is 2.70. The zero-order valence-corrected chi connectivity index (χ0v) is 14.8. The van der Waals surface area contributed by atoms with Crippen LogP contribution < -0.4 is 10.9 Å². The van der Waals surface area contributed by atoms with Crippen molar-refractivity contribution in [1.29, 1.82) is 0 Å². The molecule has 2 aromatic rings. The summed E-state index contributed by atoms with van der Waals surface area (Å²) >= 11 is 0. The van der Waals surface area contributed by atoms with Crippen molar-refractivity contribution in [3.8, 4) is 0 Å². The number of piperidine rings is 1. The molecular weight excluding hydrogens is 346 g/mol. The van der Waals surface area contributed by atoms with Crippen molar-refractivity contribution in [1.82, 2.24) is 15.8 Å². The third-order valence-electron chi connectivity index (χ3n) is 6.05. The van der Waals surface area contributed by atoms with Gasteiger partial charge in [-0.2, -0.15) is 0 Å². The number of carboxylic acids is 1. The molecule has 2 saturated heterocycles. The molecule has 3 aliphatic rings. The van der Waals surface area contributed by atoms with E-state index >= 15 is 0 Å². The molecule has 0 saturated carbocycles. The summed E-state index contributed by atoms with van der Waals surface area (Å²) in [6.45, 7) is 2.70. The van der Waals surface area contributed by atoms with Gasteiger partial charge in [-0.1, -0.05) is 24.3 Å². The van der Waals surface area contributed by atoms with Crippen molar-refractivity contribution in [3.63, 3.8) is 0 Å². The molecule has 7 nitrogen and oxygen atoms in total. The van der Waals surface area contributed by atoms with Gasteiger partial charge in [-0.3, -0.25) is 15.1 Å². The van der Waals surface area contributed by atoms with Gasteiger partial charge in [0.05, 0.1) is 5.56 Å². The van der Waals surface area contributed by atoms with Crippen LogP contribution >= 0.6 is 0 Å². The van der Waals surface area contributed by atoms with Crippen molar-refractivity contribution in [2.24, 2.45) is 5.92 Å². The Kier molecular flexibility index (Phi) is 3.89. The number of hydrazine groups is 1. The van der Waals surface area contributed by atoms with E-state index in [1.165, 1.54) is 0 Å². The molecule has 0 aromatic heterocycles. The first-order chi connectivity index (χ1) is 13.1. The summed E-state index contributed by atoms with van der Waals surface area (Å²) in [6.07, 6.45) is 0.912. The molecule has 3 heterocycles. The van der Waals surface area contributed by atoms with Gasteiger partial charge in [-0.05, 0) is 29.0 Å². The van der Waals surface area contributed by atoms with Crippen molar-refractivity contribution >= 4 is 22.7 Å². The number of hydrogen-bond acceptors (Lipinski definition) is 6.